The van der Waals surface area contributed by atoms with E-state index in [1.165, 1.54) is 14.2 Å². The van der Waals surface area contributed by atoms with Gasteiger partial charge in [0.05, 0.1) is 14.2 Å². The van der Waals surface area contributed by atoms with E-state index in [1.807, 2.05) is 54.6 Å². The van der Waals surface area contributed by atoms with Crippen LogP contribution in [0, 0.1) is 0 Å². The Morgan fingerprint density at radius 1 is 0.906 bits per heavy atom. The third-order valence-electron chi connectivity index (χ3n) is 5.42. The quantitative estimate of drug-likeness (QED) is 0.614. The SMILES string of the molecule is COc1cc(NC(=O)N[C@@H](C(=O)N2CCc3ccccc32)c2ccccc2)cc(OC)c1. The monoisotopic (exact) mass is 431 g/mol. The van der Waals surface area contributed by atoms with Crippen LogP contribution in [0.2, 0.25) is 0 Å². The second-order valence-electron chi connectivity index (χ2n) is 7.41. The van der Waals surface area contributed by atoms with Gasteiger partial charge in [-0.2, -0.15) is 0 Å². The number of para-hydroxylation sites is 1. The molecule has 0 unspecified atom stereocenters. The van der Waals surface area contributed by atoms with Crippen LogP contribution in [-0.4, -0.2) is 32.7 Å². The molecule has 3 aromatic carbocycles. The number of rotatable bonds is 6. The molecule has 32 heavy (non-hydrogen) atoms. The van der Waals surface area contributed by atoms with Crippen molar-refractivity contribution < 1.29 is 19.1 Å². The highest BCUT2D eigenvalue weighted by molar-refractivity contribution is 6.02. The summed E-state index contributed by atoms with van der Waals surface area (Å²) in [6.07, 6.45) is 0.791. The molecular weight excluding hydrogens is 406 g/mol. The van der Waals surface area contributed by atoms with Crippen molar-refractivity contribution in [3.63, 3.8) is 0 Å². The zero-order valence-electron chi connectivity index (χ0n) is 18.0. The Hall–Kier alpha value is -4.00. The summed E-state index contributed by atoms with van der Waals surface area (Å²) in [6, 6.07) is 20.8. The van der Waals surface area contributed by atoms with Crippen molar-refractivity contribution in [2.24, 2.45) is 0 Å². The summed E-state index contributed by atoms with van der Waals surface area (Å²) in [5.41, 5.74) is 3.21. The number of urea groups is 1. The van der Waals surface area contributed by atoms with Crippen molar-refractivity contribution in [2.45, 2.75) is 12.5 Å². The molecule has 3 aromatic rings. The zero-order valence-corrected chi connectivity index (χ0v) is 18.0. The lowest BCUT2D eigenvalue weighted by atomic mass is 10.1. The molecule has 1 aliphatic rings. The number of nitrogens with one attached hydrogen (secondary N) is 2. The van der Waals surface area contributed by atoms with Crippen molar-refractivity contribution in [3.8, 4) is 11.5 Å². The number of benzene rings is 3. The van der Waals surface area contributed by atoms with Crippen LogP contribution in [0.1, 0.15) is 17.2 Å². The van der Waals surface area contributed by atoms with Crippen LogP contribution in [0.3, 0.4) is 0 Å². The van der Waals surface area contributed by atoms with Crippen molar-refractivity contribution in [2.75, 3.05) is 31.0 Å². The van der Waals surface area contributed by atoms with E-state index in [1.54, 1.807) is 23.1 Å². The van der Waals surface area contributed by atoms with E-state index < -0.39 is 12.1 Å². The van der Waals surface area contributed by atoms with Gasteiger partial charge in [-0.15, -0.1) is 0 Å². The number of nitrogens with zero attached hydrogens (tertiary/aromatic N) is 1. The van der Waals surface area contributed by atoms with Crippen molar-refractivity contribution in [1.82, 2.24) is 5.32 Å². The summed E-state index contributed by atoms with van der Waals surface area (Å²) >= 11 is 0. The maximum atomic E-state index is 13.5. The minimum absolute atomic E-state index is 0.181. The van der Waals surface area contributed by atoms with E-state index in [-0.39, 0.29) is 5.91 Å². The first kappa shape index (κ1) is 21.2. The van der Waals surface area contributed by atoms with Gasteiger partial charge in [-0.3, -0.25) is 4.79 Å². The molecule has 3 amide bonds. The molecule has 1 aliphatic heterocycles. The minimum Gasteiger partial charge on any atom is -0.497 e. The second kappa shape index (κ2) is 9.43. The van der Waals surface area contributed by atoms with Gasteiger partial charge >= 0.3 is 6.03 Å². The molecule has 4 rings (SSSR count). The summed E-state index contributed by atoms with van der Waals surface area (Å²) in [5, 5.41) is 5.62. The molecule has 0 radical (unpaired) electrons. The highest BCUT2D eigenvalue weighted by Gasteiger charge is 2.32. The molecule has 1 heterocycles. The number of hydrogen-bond acceptors (Lipinski definition) is 4. The fraction of sp³-hybridized carbons (Fsp3) is 0.200. The van der Waals surface area contributed by atoms with E-state index >= 15 is 0 Å². The van der Waals surface area contributed by atoms with Gasteiger partial charge in [0.15, 0.2) is 0 Å². The molecule has 7 heteroatoms. The van der Waals surface area contributed by atoms with Gasteiger partial charge in [-0.25, -0.2) is 4.79 Å². The van der Waals surface area contributed by atoms with Crippen LogP contribution < -0.4 is 25.0 Å². The summed E-state index contributed by atoms with van der Waals surface area (Å²) in [7, 11) is 3.08. The molecule has 0 spiro atoms. The minimum atomic E-state index is -0.838. The van der Waals surface area contributed by atoms with E-state index in [4.69, 9.17) is 9.47 Å². The van der Waals surface area contributed by atoms with Gasteiger partial charge in [0, 0.05) is 36.1 Å². The standard InChI is InChI=1S/C25H25N3O4/c1-31-20-14-19(15-21(16-20)32-2)26-25(30)27-23(18-9-4-3-5-10-18)24(29)28-13-12-17-8-6-7-11-22(17)28/h3-11,14-16,23H,12-13H2,1-2H3,(H2,26,27,30)/t23-/m1/s1. The van der Waals surface area contributed by atoms with Gasteiger partial charge in [0.1, 0.15) is 17.5 Å². The number of anilines is 2. The molecule has 0 aromatic heterocycles. The van der Waals surface area contributed by atoms with Crippen LogP contribution in [-0.2, 0) is 11.2 Å². The van der Waals surface area contributed by atoms with Crippen LogP contribution in [0.5, 0.6) is 11.5 Å². The number of carbonyl (C=O) groups excluding carboxylic acids is 2. The first-order chi connectivity index (χ1) is 15.6. The lowest BCUT2D eigenvalue weighted by molar-refractivity contribution is -0.120. The number of fused-ring (bicyclic) bond motifs is 1. The Labute approximate surface area is 187 Å². The van der Waals surface area contributed by atoms with Gasteiger partial charge in [0.25, 0.3) is 5.91 Å². The smallest absolute Gasteiger partial charge is 0.320 e. The van der Waals surface area contributed by atoms with E-state index in [0.29, 0.717) is 29.3 Å². The average molecular weight is 431 g/mol. The fourth-order valence-corrected chi connectivity index (χ4v) is 3.83. The third-order valence-corrected chi connectivity index (χ3v) is 5.42. The lowest BCUT2D eigenvalue weighted by Gasteiger charge is -2.25. The Morgan fingerprint density at radius 3 is 2.25 bits per heavy atom. The van der Waals surface area contributed by atoms with Gasteiger partial charge < -0.3 is 25.0 Å². The molecule has 2 N–H and O–H groups in total. The lowest BCUT2D eigenvalue weighted by Crippen LogP contribution is -2.43. The largest absolute Gasteiger partial charge is 0.497 e. The summed E-state index contributed by atoms with van der Waals surface area (Å²) < 4.78 is 10.5. The predicted octanol–water partition coefficient (Wildman–Crippen LogP) is 4.16. The van der Waals surface area contributed by atoms with E-state index in [2.05, 4.69) is 10.6 Å². The maximum Gasteiger partial charge on any atom is 0.320 e. The molecule has 0 saturated heterocycles. The zero-order chi connectivity index (χ0) is 22.5. The second-order valence-corrected chi connectivity index (χ2v) is 7.41. The van der Waals surface area contributed by atoms with Gasteiger partial charge in [0.2, 0.25) is 0 Å². The molecule has 0 bridgehead atoms. The fourth-order valence-electron chi connectivity index (χ4n) is 3.83. The Balaban J connectivity index is 1.57. The van der Waals surface area contributed by atoms with Crippen LogP contribution >= 0.6 is 0 Å². The Kier molecular flexibility index (Phi) is 6.26. The van der Waals surface area contributed by atoms with E-state index in [0.717, 1.165) is 17.7 Å². The first-order valence-electron chi connectivity index (χ1n) is 10.3. The Morgan fingerprint density at radius 2 is 1.56 bits per heavy atom. The molecular formula is C25H25N3O4. The maximum absolute atomic E-state index is 13.5. The summed E-state index contributed by atoms with van der Waals surface area (Å²) in [4.78, 5) is 28.2. The highest BCUT2D eigenvalue weighted by Crippen LogP contribution is 2.30. The molecule has 0 fully saturated rings. The number of methoxy groups -OCH3 is 2. The third kappa shape index (κ3) is 4.51. The topological polar surface area (TPSA) is 79.9 Å². The Bertz CT molecular complexity index is 1090. The van der Waals surface area contributed by atoms with E-state index in [9.17, 15) is 9.59 Å². The molecule has 164 valence electrons. The molecule has 1 atom stereocenters. The van der Waals surface area contributed by atoms with Crippen LogP contribution in [0.4, 0.5) is 16.2 Å². The normalized spacial score (nSPS) is 13.1. The average Bonchev–Trinajstić information content (AvgIpc) is 3.26. The van der Waals surface area contributed by atoms with Gasteiger partial charge in [-0.05, 0) is 23.6 Å². The van der Waals surface area contributed by atoms with Gasteiger partial charge in [-0.1, -0.05) is 48.5 Å². The van der Waals surface area contributed by atoms with Crippen molar-refractivity contribution >= 4 is 23.3 Å². The number of carbonyl (C=O) groups is 2. The first-order valence-corrected chi connectivity index (χ1v) is 10.3. The summed E-state index contributed by atoms with van der Waals surface area (Å²) in [6.45, 7) is 0.581. The van der Waals surface area contributed by atoms with Crippen LogP contribution in [0.15, 0.2) is 72.8 Å². The van der Waals surface area contributed by atoms with Crippen molar-refractivity contribution in [1.29, 1.82) is 0 Å². The predicted molar refractivity (Wildman–Crippen MR) is 123 cm³/mol. The highest BCUT2D eigenvalue weighted by atomic mass is 16.5. The summed E-state index contributed by atoms with van der Waals surface area (Å²) in [5.74, 6) is 0.910. The molecule has 0 aliphatic carbocycles. The molecule has 0 saturated carbocycles. The van der Waals surface area contributed by atoms with Crippen LogP contribution in [0.25, 0.3) is 0 Å². The number of amides is 3. The molecule has 7 nitrogen and oxygen atoms in total. The number of hydrogen-bond donors (Lipinski definition) is 2. The van der Waals surface area contributed by atoms with Crippen molar-refractivity contribution in [3.05, 3.63) is 83.9 Å². The number of ether oxygens (including phenoxy) is 2.